The summed E-state index contributed by atoms with van der Waals surface area (Å²) in [5.41, 5.74) is 0. The van der Waals surface area contributed by atoms with Crippen molar-refractivity contribution in [1.82, 2.24) is 0 Å². The highest BCUT2D eigenvalue weighted by atomic mass is 16.7. The smallest absolute Gasteiger partial charge is 0.199 e. The van der Waals surface area contributed by atoms with Crippen LogP contribution in [0.4, 0.5) is 0 Å². The summed E-state index contributed by atoms with van der Waals surface area (Å²) in [5, 5.41) is 0. The minimum atomic E-state index is -0.00241. The van der Waals surface area contributed by atoms with Crippen molar-refractivity contribution in [3.8, 4) is 0 Å². The molecule has 2 nitrogen and oxygen atoms in total. The SMILES string of the molecule is CC1=CCC[C@@H](OCC(C)C)O1. The highest BCUT2D eigenvalue weighted by Crippen LogP contribution is 2.17. The van der Waals surface area contributed by atoms with E-state index < -0.39 is 0 Å². The van der Waals surface area contributed by atoms with Crippen LogP contribution in [0.3, 0.4) is 0 Å². The van der Waals surface area contributed by atoms with E-state index in [0.29, 0.717) is 5.92 Å². The molecule has 1 aliphatic rings. The first-order valence-corrected chi connectivity index (χ1v) is 4.63. The van der Waals surface area contributed by atoms with Gasteiger partial charge in [0.1, 0.15) is 0 Å². The Balaban J connectivity index is 2.21. The van der Waals surface area contributed by atoms with E-state index in [4.69, 9.17) is 9.47 Å². The lowest BCUT2D eigenvalue weighted by Crippen LogP contribution is -2.21. The van der Waals surface area contributed by atoms with Crippen LogP contribution in [0.25, 0.3) is 0 Å². The van der Waals surface area contributed by atoms with E-state index in [1.54, 1.807) is 0 Å². The van der Waals surface area contributed by atoms with Crippen molar-refractivity contribution >= 4 is 0 Å². The average molecular weight is 170 g/mol. The molecule has 0 bridgehead atoms. The molecule has 0 aliphatic carbocycles. The highest BCUT2D eigenvalue weighted by Gasteiger charge is 2.14. The summed E-state index contributed by atoms with van der Waals surface area (Å²) in [6, 6.07) is 0. The molecular weight excluding hydrogens is 152 g/mol. The maximum atomic E-state index is 5.55. The monoisotopic (exact) mass is 170 g/mol. The molecule has 0 amide bonds. The average Bonchev–Trinajstić information content (AvgIpc) is 2.01. The van der Waals surface area contributed by atoms with Gasteiger partial charge in [0.25, 0.3) is 0 Å². The Morgan fingerprint density at radius 2 is 2.42 bits per heavy atom. The van der Waals surface area contributed by atoms with E-state index in [9.17, 15) is 0 Å². The molecule has 2 heteroatoms. The molecule has 0 aromatic rings. The van der Waals surface area contributed by atoms with Crippen molar-refractivity contribution in [3.63, 3.8) is 0 Å². The zero-order valence-electron chi connectivity index (χ0n) is 8.17. The molecule has 0 spiro atoms. The van der Waals surface area contributed by atoms with Crippen molar-refractivity contribution in [3.05, 3.63) is 11.8 Å². The van der Waals surface area contributed by atoms with E-state index >= 15 is 0 Å². The van der Waals surface area contributed by atoms with Gasteiger partial charge in [0.15, 0.2) is 6.29 Å². The van der Waals surface area contributed by atoms with Crippen molar-refractivity contribution in [2.24, 2.45) is 5.92 Å². The summed E-state index contributed by atoms with van der Waals surface area (Å²) in [7, 11) is 0. The van der Waals surface area contributed by atoms with Crippen molar-refractivity contribution < 1.29 is 9.47 Å². The van der Waals surface area contributed by atoms with E-state index in [2.05, 4.69) is 19.9 Å². The predicted octanol–water partition coefficient (Wildman–Crippen LogP) is 2.70. The molecule has 0 saturated carbocycles. The van der Waals surface area contributed by atoms with Crippen molar-refractivity contribution in [2.45, 2.75) is 39.9 Å². The molecule has 0 saturated heterocycles. The van der Waals surface area contributed by atoms with E-state index in [1.165, 1.54) is 0 Å². The zero-order valence-corrected chi connectivity index (χ0v) is 8.17. The lowest BCUT2D eigenvalue weighted by Gasteiger charge is -2.23. The van der Waals surface area contributed by atoms with Gasteiger partial charge in [-0.3, -0.25) is 0 Å². The standard InChI is InChI=1S/C10H18O2/c1-8(2)7-11-10-6-4-5-9(3)12-10/h5,8,10H,4,6-7H2,1-3H3/t10-/m0/s1. The van der Waals surface area contributed by atoms with Gasteiger partial charge in [0, 0.05) is 6.42 Å². The number of ether oxygens (including phenoxy) is 2. The molecule has 0 aromatic carbocycles. The van der Waals surface area contributed by atoms with Crippen LogP contribution in [0, 0.1) is 5.92 Å². The van der Waals surface area contributed by atoms with Gasteiger partial charge in [0.2, 0.25) is 0 Å². The molecule has 70 valence electrons. The van der Waals surface area contributed by atoms with Crippen LogP contribution in [0.5, 0.6) is 0 Å². The Kier molecular flexibility index (Phi) is 3.60. The third-order valence-corrected chi connectivity index (χ3v) is 1.77. The second-order valence-corrected chi connectivity index (χ2v) is 3.67. The topological polar surface area (TPSA) is 18.5 Å². The van der Waals surface area contributed by atoms with Crippen LogP contribution < -0.4 is 0 Å². The zero-order chi connectivity index (χ0) is 8.97. The molecule has 1 aliphatic heterocycles. The Hall–Kier alpha value is -0.500. The third-order valence-electron chi connectivity index (χ3n) is 1.77. The quantitative estimate of drug-likeness (QED) is 0.648. The fraction of sp³-hybridized carbons (Fsp3) is 0.800. The molecule has 0 aromatic heterocycles. The summed E-state index contributed by atoms with van der Waals surface area (Å²) in [6.45, 7) is 7.06. The Labute approximate surface area is 74.6 Å². The number of rotatable bonds is 3. The minimum absolute atomic E-state index is 0.00241. The summed E-state index contributed by atoms with van der Waals surface area (Å²) >= 11 is 0. The number of hydrogen-bond donors (Lipinski definition) is 0. The molecular formula is C10H18O2. The van der Waals surface area contributed by atoms with Gasteiger partial charge in [-0.2, -0.15) is 0 Å². The summed E-state index contributed by atoms with van der Waals surface area (Å²) in [5.74, 6) is 1.58. The van der Waals surface area contributed by atoms with Crippen LogP contribution in [0.1, 0.15) is 33.6 Å². The first kappa shape index (κ1) is 9.59. The lowest BCUT2D eigenvalue weighted by atomic mass is 10.2. The molecule has 0 radical (unpaired) electrons. The highest BCUT2D eigenvalue weighted by molar-refractivity contribution is 4.92. The molecule has 0 N–H and O–H groups in total. The number of hydrogen-bond acceptors (Lipinski definition) is 2. The van der Waals surface area contributed by atoms with Crippen LogP contribution in [-0.2, 0) is 9.47 Å². The van der Waals surface area contributed by atoms with Gasteiger partial charge in [-0.25, -0.2) is 0 Å². The fourth-order valence-electron chi connectivity index (χ4n) is 1.15. The van der Waals surface area contributed by atoms with Crippen molar-refractivity contribution in [1.29, 1.82) is 0 Å². The molecule has 1 atom stereocenters. The summed E-state index contributed by atoms with van der Waals surface area (Å²) < 4.78 is 11.0. The van der Waals surface area contributed by atoms with Gasteiger partial charge in [0.05, 0.1) is 12.4 Å². The largest absolute Gasteiger partial charge is 0.470 e. The third kappa shape index (κ3) is 3.26. The predicted molar refractivity (Wildman–Crippen MR) is 48.7 cm³/mol. The summed E-state index contributed by atoms with van der Waals surface area (Å²) in [4.78, 5) is 0. The van der Waals surface area contributed by atoms with E-state index in [1.807, 2.05) is 6.92 Å². The molecule has 0 fully saturated rings. The van der Waals surface area contributed by atoms with E-state index in [0.717, 1.165) is 25.2 Å². The van der Waals surface area contributed by atoms with Crippen LogP contribution in [-0.4, -0.2) is 12.9 Å². The molecule has 0 unspecified atom stereocenters. The second kappa shape index (κ2) is 4.51. The van der Waals surface area contributed by atoms with Crippen molar-refractivity contribution in [2.75, 3.05) is 6.61 Å². The first-order chi connectivity index (χ1) is 5.68. The van der Waals surface area contributed by atoms with Gasteiger partial charge >= 0.3 is 0 Å². The maximum absolute atomic E-state index is 5.55. The first-order valence-electron chi connectivity index (χ1n) is 4.63. The van der Waals surface area contributed by atoms with Gasteiger partial charge in [-0.05, 0) is 25.3 Å². The Morgan fingerprint density at radius 3 is 3.00 bits per heavy atom. The van der Waals surface area contributed by atoms with Gasteiger partial charge in [-0.1, -0.05) is 13.8 Å². The van der Waals surface area contributed by atoms with Crippen LogP contribution in [0.2, 0.25) is 0 Å². The lowest BCUT2D eigenvalue weighted by molar-refractivity contribution is -0.131. The minimum Gasteiger partial charge on any atom is -0.470 e. The van der Waals surface area contributed by atoms with E-state index in [-0.39, 0.29) is 6.29 Å². The van der Waals surface area contributed by atoms with Crippen LogP contribution >= 0.6 is 0 Å². The van der Waals surface area contributed by atoms with Crippen LogP contribution in [0.15, 0.2) is 11.8 Å². The second-order valence-electron chi connectivity index (χ2n) is 3.67. The Morgan fingerprint density at radius 1 is 1.67 bits per heavy atom. The molecule has 1 heterocycles. The molecule has 1 rings (SSSR count). The van der Waals surface area contributed by atoms with Gasteiger partial charge in [-0.15, -0.1) is 0 Å². The van der Waals surface area contributed by atoms with Gasteiger partial charge < -0.3 is 9.47 Å². The summed E-state index contributed by atoms with van der Waals surface area (Å²) in [6.07, 6.45) is 4.17. The number of allylic oxidation sites excluding steroid dienone is 2. The fourth-order valence-corrected chi connectivity index (χ4v) is 1.15. The normalized spacial score (nSPS) is 23.7. The molecule has 12 heavy (non-hydrogen) atoms. The maximum Gasteiger partial charge on any atom is 0.199 e. The Bertz CT molecular complexity index is 161.